The Hall–Kier alpha value is -1.41. The number of esters is 1. The second-order valence-corrected chi connectivity index (χ2v) is 7.07. The minimum Gasteiger partial charge on any atom is -0.459 e. The van der Waals surface area contributed by atoms with Gasteiger partial charge in [-0.05, 0) is 40.0 Å². The molecule has 5 unspecified atom stereocenters. The van der Waals surface area contributed by atoms with Gasteiger partial charge in [-0.3, -0.25) is 9.59 Å². The number of hydrogen-bond donors (Lipinski definition) is 1. The van der Waals surface area contributed by atoms with Gasteiger partial charge in [0.15, 0.2) is 0 Å². The van der Waals surface area contributed by atoms with Gasteiger partial charge in [-0.1, -0.05) is 6.92 Å². The summed E-state index contributed by atoms with van der Waals surface area (Å²) in [5, 5.41) is 20.0. The van der Waals surface area contributed by atoms with Crippen LogP contribution < -0.4 is 0 Å². The average Bonchev–Trinajstić information content (AvgIpc) is 2.94. The maximum atomic E-state index is 12.2. The predicted octanol–water partition coefficient (Wildman–Crippen LogP) is 1.83. The van der Waals surface area contributed by atoms with Crippen molar-refractivity contribution in [1.29, 1.82) is 5.26 Å². The van der Waals surface area contributed by atoms with Gasteiger partial charge in [-0.2, -0.15) is 5.26 Å². The van der Waals surface area contributed by atoms with Gasteiger partial charge in [-0.25, -0.2) is 0 Å². The molecule has 0 aromatic heterocycles. The number of rotatable bonds is 4. The van der Waals surface area contributed by atoms with E-state index in [2.05, 4.69) is 6.07 Å². The molecule has 1 N–H and O–H groups in total. The van der Waals surface area contributed by atoms with Crippen LogP contribution in [0.5, 0.6) is 0 Å². The van der Waals surface area contributed by atoms with Crippen LogP contribution in [0.4, 0.5) is 0 Å². The molecular formula is C16H23NO4. The van der Waals surface area contributed by atoms with Crippen LogP contribution in [0.1, 0.15) is 47.0 Å². The van der Waals surface area contributed by atoms with Crippen molar-refractivity contribution in [3.05, 3.63) is 0 Å². The fourth-order valence-electron chi connectivity index (χ4n) is 3.61. The van der Waals surface area contributed by atoms with Gasteiger partial charge >= 0.3 is 5.97 Å². The Morgan fingerprint density at radius 1 is 1.48 bits per heavy atom. The minimum absolute atomic E-state index is 0.0724. The van der Waals surface area contributed by atoms with Crippen LogP contribution in [-0.4, -0.2) is 29.1 Å². The Bertz CT molecular complexity index is 507. The van der Waals surface area contributed by atoms with Crippen LogP contribution in [-0.2, 0) is 14.3 Å². The molecule has 21 heavy (non-hydrogen) atoms. The number of fused-ring (bicyclic) bond motifs is 2. The van der Waals surface area contributed by atoms with Crippen LogP contribution in [0.25, 0.3) is 0 Å². The van der Waals surface area contributed by atoms with Crippen molar-refractivity contribution in [2.75, 3.05) is 0 Å². The molecule has 5 nitrogen and oxygen atoms in total. The second-order valence-electron chi connectivity index (χ2n) is 7.07. The minimum atomic E-state index is -1.09. The maximum Gasteiger partial charge on any atom is 0.311 e. The number of aliphatic hydroxyl groups excluding tert-OH is 1. The average molecular weight is 293 g/mol. The molecule has 0 radical (unpaired) electrons. The summed E-state index contributed by atoms with van der Waals surface area (Å²) in [6.07, 6.45) is -0.159. The first-order chi connectivity index (χ1) is 9.69. The van der Waals surface area contributed by atoms with Gasteiger partial charge < -0.3 is 9.84 Å². The molecule has 0 aliphatic heterocycles. The first kappa shape index (κ1) is 16.0. The molecule has 2 rings (SSSR count). The molecule has 5 atom stereocenters. The van der Waals surface area contributed by atoms with E-state index < -0.39 is 29.0 Å². The highest BCUT2D eigenvalue weighted by molar-refractivity contribution is 5.81. The van der Waals surface area contributed by atoms with E-state index in [-0.39, 0.29) is 17.7 Å². The van der Waals surface area contributed by atoms with Crippen molar-refractivity contribution in [3.8, 4) is 6.07 Å². The van der Waals surface area contributed by atoms with Gasteiger partial charge in [0.1, 0.15) is 18.0 Å². The SMILES string of the molecule is CCC(C)(C)C(=O)OC1C2CC(C(C)=O)C(C#N)(C2)C1O. The summed E-state index contributed by atoms with van der Waals surface area (Å²) in [6, 6.07) is 2.14. The zero-order valence-corrected chi connectivity index (χ0v) is 13.0. The normalized spacial score (nSPS) is 38.1. The Morgan fingerprint density at radius 3 is 2.57 bits per heavy atom. The molecule has 0 amide bonds. The number of hydrogen-bond acceptors (Lipinski definition) is 5. The highest BCUT2D eigenvalue weighted by Gasteiger charge is 2.66. The number of aliphatic hydroxyl groups is 1. The van der Waals surface area contributed by atoms with Crippen molar-refractivity contribution < 1.29 is 19.4 Å². The van der Waals surface area contributed by atoms with Gasteiger partial charge in [0.2, 0.25) is 0 Å². The lowest BCUT2D eigenvalue weighted by atomic mass is 9.71. The predicted molar refractivity (Wildman–Crippen MR) is 74.9 cm³/mol. The lowest BCUT2D eigenvalue weighted by Gasteiger charge is -2.36. The van der Waals surface area contributed by atoms with Crippen LogP contribution in [0.15, 0.2) is 0 Å². The summed E-state index contributed by atoms with van der Waals surface area (Å²) < 4.78 is 5.52. The fraction of sp³-hybridized carbons (Fsp3) is 0.812. The van der Waals surface area contributed by atoms with Gasteiger partial charge in [-0.15, -0.1) is 0 Å². The highest BCUT2D eigenvalue weighted by atomic mass is 16.6. The third-order valence-corrected chi connectivity index (χ3v) is 5.44. The van der Waals surface area contributed by atoms with Gasteiger partial charge in [0.25, 0.3) is 0 Å². The molecule has 2 bridgehead atoms. The summed E-state index contributed by atoms with van der Waals surface area (Å²) in [7, 11) is 0. The number of nitriles is 1. The largest absolute Gasteiger partial charge is 0.459 e. The molecule has 2 aliphatic carbocycles. The number of ketones is 1. The quantitative estimate of drug-likeness (QED) is 0.799. The first-order valence-electron chi connectivity index (χ1n) is 7.50. The van der Waals surface area contributed by atoms with Gasteiger partial charge in [0.05, 0.1) is 16.9 Å². The lowest BCUT2D eigenvalue weighted by molar-refractivity contribution is -0.172. The number of carbonyl (C=O) groups excluding carboxylic acids is 2. The summed E-state index contributed by atoms with van der Waals surface area (Å²) in [5.74, 6) is -0.979. The van der Waals surface area contributed by atoms with Crippen molar-refractivity contribution in [2.45, 2.75) is 59.2 Å². The summed E-state index contributed by atoms with van der Waals surface area (Å²) >= 11 is 0. The first-order valence-corrected chi connectivity index (χ1v) is 7.50. The molecular weight excluding hydrogens is 270 g/mol. The van der Waals surface area contributed by atoms with E-state index in [1.54, 1.807) is 13.8 Å². The smallest absolute Gasteiger partial charge is 0.311 e. The van der Waals surface area contributed by atoms with E-state index in [9.17, 15) is 20.0 Å². The molecule has 2 fully saturated rings. The molecule has 5 heteroatoms. The van der Waals surface area contributed by atoms with Gasteiger partial charge in [0, 0.05) is 11.8 Å². The van der Waals surface area contributed by atoms with Crippen LogP contribution in [0, 0.1) is 34.0 Å². The number of carbonyl (C=O) groups is 2. The highest BCUT2D eigenvalue weighted by Crippen LogP contribution is 2.58. The molecule has 116 valence electrons. The van der Waals surface area contributed by atoms with E-state index in [4.69, 9.17) is 4.74 Å². The molecule has 0 aromatic carbocycles. The monoisotopic (exact) mass is 293 g/mol. The van der Waals surface area contributed by atoms with Crippen molar-refractivity contribution in [3.63, 3.8) is 0 Å². The van der Waals surface area contributed by atoms with Crippen molar-refractivity contribution >= 4 is 11.8 Å². The third-order valence-electron chi connectivity index (χ3n) is 5.44. The number of nitrogens with zero attached hydrogens (tertiary/aromatic N) is 1. The molecule has 0 spiro atoms. The Morgan fingerprint density at radius 2 is 2.10 bits per heavy atom. The summed E-state index contributed by atoms with van der Waals surface area (Å²) in [4.78, 5) is 23.9. The fourth-order valence-corrected chi connectivity index (χ4v) is 3.61. The zero-order valence-electron chi connectivity index (χ0n) is 13.0. The zero-order chi connectivity index (χ0) is 16.0. The Kier molecular flexibility index (Phi) is 3.88. The van der Waals surface area contributed by atoms with E-state index in [1.165, 1.54) is 6.92 Å². The molecule has 2 aliphatic rings. The summed E-state index contributed by atoms with van der Waals surface area (Å²) in [5.41, 5.74) is -1.70. The van der Waals surface area contributed by atoms with Crippen molar-refractivity contribution in [1.82, 2.24) is 0 Å². The lowest BCUT2D eigenvalue weighted by Crippen LogP contribution is -2.48. The third kappa shape index (κ3) is 2.26. The van der Waals surface area contributed by atoms with E-state index in [1.807, 2.05) is 6.92 Å². The van der Waals surface area contributed by atoms with Crippen LogP contribution in [0.3, 0.4) is 0 Å². The van der Waals surface area contributed by atoms with E-state index in [0.717, 1.165) is 0 Å². The molecule has 0 heterocycles. The van der Waals surface area contributed by atoms with Crippen LogP contribution in [0.2, 0.25) is 0 Å². The van der Waals surface area contributed by atoms with E-state index >= 15 is 0 Å². The summed E-state index contributed by atoms with van der Waals surface area (Å²) in [6.45, 7) is 6.96. The van der Waals surface area contributed by atoms with Crippen LogP contribution >= 0.6 is 0 Å². The molecule has 0 saturated heterocycles. The second kappa shape index (κ2) is 5.10. The number of ether oxygens (including phenoxy) is 1. The number of Topliss-reactive ketones (excluding diaryl/α,β-unsaturated/α-hetero) is 1. The Balaban J connectivity index is 2.20. The van der Waals surface area contributed by atoms with Crippen molar-refractivity contribution in [2.24, 2.45) is 22.7 Å². The molecule has 0 aromatic rings. The van der Waals surface area contributed by atoms with E-state index in [0.29, 0.717) is 19.3 Å². The Labute approximate surface area is 125 Å². The topological polar surface area (TPSA) is 87.4 Å². The molecule has 2 saturated carbocycles. The maximum absolute atomic E-state index is 12.2. The standard InChI is InChI=1S/C16H23NO4/c1-5-15(3,4)14(20)21-12-10-6-11(9(2)18)16(7-10,8-17)13(12)19/h10-13,19H,5-7H2,1-4H3.